The van der Waals surface area contributed by atoms with Gasteiger partial charge in [-0.25, -0.2) is 4.68 Å². The van der Waals surface area contributed by atoms with Gasteiger partial charge in [0, 0.05) is 19.6 Å². The van der Waals surface area contributed by atoms with Crippen molar-refractivity contribution in [1.82, 2.24) is 25.1 Å². The molecule has 142 valence electrons. The van der Waals surface area contributed by atoms with Crippen molar-refractivity contribution in [2.24, 2.45) is 12.5 Å². The van der Waals surface area contributed by atoms with Crippen LogP contribution >= 0.6 is 23.5 Å². The smallest absolute Gasteiger partial charge is 0.260 e. The lowest BCUT2D eigenvalue weighted by molar-refractivity contribution is -0.160. The van der Waals surface area contributed by atoms with E-state index in [4.69, 9.17) is 4.74 Å². The summed E-state index contributed by atoms with van der Waals surface area (Å²) in [6.45, 7) is 9.53. The molecule has 1 saturated heterocycles. The number of aromatic nitrogens is 4. The van der Waals surface area contributed by atoms with Crippen LogP contribution in [0.1, 0.15) is 34.6 Å². The van der Waals surface area contributed by atoms with Gasteiger partial charge < -0.3 is 4.74 Å². The van der Waals surface area contributed by atoms with Crippen LogP contribution in [0, 0.1) is 5.41 Å². The Hall–Kier alpha value is -1.39. The minimum absolute atomic E-state index is 0.0499. The molecule has 3 heterocycles. The molecule has 0 aromatic carbocycles. The molecule has 1 fully saturated rings. The number of ether oxygens (including phenoxy) is 1. The third-order valence-corrected chi connectivity index (χ3v) is 7.85. The standard InChI is InChI=1S/C16H23N5O3S2/c1-8-9(11(22)15(2,3)4)21-12(23)10(24-7)13(21)25-16(8,5)26-14-17-18-19-20(14)6/h10,13H,1-7H3/t10-,13-,16?/m0/s1. The highest BCUT2D eigenvalue weighted by molar-refractivity contribution is 8.18. The summed E-state index contributed by atoms with van der Waals surface area (Å²) in [5.41, 5.74) is 0.721. The maximum Gasteiger partial charge on any atom is 0.260 e. The molecular weight excluding hydrogens is 374 g/mol. The SMILES string of the molecule is CO[C@H]1C(=O)N2C(C(=O)C(C)(C)C)=C(C)C(C)(Sc3nnnn3C)S[C@@H]12. The number of carbonyl (C=O) groups is 2. The fourth-order valence-electron chi connectivity index (χ4n) is 2.94. The van der Waals surface area contributed by atoms with Crippen molar-refractivity contribution < 1.29 is 14.3 Å². The van der Waals surface area contributed by atoms with E-state index in [0.717, 1.165) is 5.57 Å². The summed E-state index contributed by atoms with van der Waals surface area (Å²) in [6.07, 6.45) is -0.548. The van der Waals surface area contributed by atoms with Gasteiger partial charge in [0.25, 0.3) is 5.91 Å². The molecule has 8 nitrogen and oxygen atoms in total. The summed E-state index contributed by atoms with van der Waals surface area (Å²) in [4.78, 5) is 27.3. The van der Waals surface area contributed by atoms with E-state index in [1.54, 1.807) is 28.4 Å². The largest absolute Gasteiger partial charge is 0.368 e. The van der Waals surface area contributed by atoms with E-state index in [2.05, 4.69) is 15.5 Å². The predicted molar refractivity (Wildman–Crippen MR) is 99.2 cm³/mol. The molecule has 0 aliphatic carbocycles. The second-order valence-corrected chi connectivity index (χ2v) is 10.7. The van der Waals surface area contributed by atoms with Gasteiger partial charge in [0.05, 0.1) is 9.78 Å². The van der Waals surface area contributed by atoms with E-state index in [-0.39, 0.29) is 17.1 Å². The number of nitrogens with zero attached hydrogens (tertiary/aromatic N) is 5. The highest BCUT2D eigenvalue weighted by Gasteiger charge is 2.59. The number of tetrazole rings is 1. The number of rotatable bonds is 4. The van der Waals surface area contributed by atoms with E-state index in [9.17, 15) is 9.59 Å². The van der Waals surface area contributed by atoms with Crippen molar-refractivity contribution in [2.75, 3.05) is 7.11 Å². The van der Waals surface area contributed by atoms with Crippen LogP contribution in [0.4, 0.5) is 0 Å². The molecule has 0 radical (unpaired) electrons. The van der Waals surface area contributed by atoms with Crippen LogP contribution in [-0.2, 0) is 21.4 Å². The fourth-order valence-corrected chi connectivity index (χ4v) is 5.89. The van der Waals surface area contributed by atoms with E-state index >= 15 is 0 Å². The molecule has 26 heavy (non-hydrogen) atoms. The van der Waals surface area contributed by atoms with Crippen LogP contribution in [0.5, 0.6) is 0 Å². The summed E-state index contributed by atoms with van der Waals surface area (Å²) >= 11 is 3.07. The molecule has 3 atom stereocenters. The van der Waals surface area contributed by atoms with Crippen molar-refractivity contribution >= 4 is 35.2 Å². The zero-order chi connectivity index (χ0) is 19.4. The third kappa shape index (κ3) is 2.87. The molecule has 1 unspecified atom stereocenters. The Labute approximate surface area is 161 Å². The average molecular weight is 398 g/mol. The Kier molecular flexibility index (Phi) is 4.73. The number of hydrogen-bond acceptors (Lipinski definition) is 8. The quantitative estimate of drug-likeness (QED) is 0.711. The number of Topliss-reactive ketones (excluding diaryl/α,β-unsaturated/α-hetero) is 1. The first-order valence-electron chi connectivity index (χ1n) is 8.22. The summed E-state index contributed by atoms with van der Waals surface area (Å²) in [7, 11) is 3.30. The number of allylic oxidation sites excluding steroid dienone is 1. The number of fused-ring (bicyclic) bond motifs is 1. The van der Waals surface area contributed by atoms with Crippen LogP contribution < -0.4 is 0 Å². The zero-order valence-electron chi connectivity index (χ0n) is 15.9. The first-order chi connectivity index (χ1) is 12.0. The Morgan fingerprint density at radius 3 is 2.54 bits per heavy atom. The third-order valence-electron chi connectivity index (χ3n) is 4.63. The maximum atomic E-state index is 13.2. The summed E-state index contributed by atoms with van der Waals surface area (Å²) in [6, 6.07) is 0. The van der Waals surface area contributed by atoms with Crippen LogP contribution in [0.25, 0.3) is 0 Å². The van der Waals surface area contributed by atoms with Gasteiger partial charge in [-0.2, -0.15) is 0 Å². The van der Waals surface area contributed by atoms with Crippen LogP contribution in [0.15, 0.2) is 16.4 Å². The number of thioether (sulfide) groups is 2. The monoisotopic (exact) mass is 397 g/mol. The molecule has 0 saturated carbocycles. The first-order valence-corrected chi connectivity index (χ1v) is 9.92. The average Bonchev–Trinajstić information content (AvgIpc) is 2.94. The van der Waals surface area contributed by atoms with Crippen molar-refractivity contribution in [3.05, 3.63) is 11.3 Å². The second kappa shape index (κ2) is 6.35. The van der Waals surface area contributed by atoms with Gasteiger partial charge in [-0.15, -0.1) is 16.9 Å². The highest BCUT2D eigenvalue weighted by atomic mass is 32.2. The van der Waals surface area contributed by atoms with Gasteiger partial charge in [-0.1, -0.05) is 32.5 Å². The van der Waals surface area contributed by atoms with Gasteiger partial charge in [-0.3, -0.25) is 14.5 Å². The van der Waals surface area contributed by atoms with Crippen molar-refractivity contribution in [3.63, 3.8) is 0 Å². The zero-order valence-corrected chi connectivity index (χ0v) is 17.6. The van der Waals surface area contributed by atoms with Crippen molar-refractivity contribution in [1.29, 1.82) is 0 Å². The van der Waals surface area contributed by atoms with Gasteiger partial charge in [0.1, 0.15) is 5.37 Å². The van der Waals surface area contributed by atoms with Crippen molar-refractivity contribution in [2.45, 2.75) is 55.3 Å². The minimum atomic E-state index is -0.598. The van der Waals surface area contributed by atoms with Crippen molar-refractivity contribution in [3.8, 4) is 0 Å². The van der Waals surface area contributed by atoms with Gasteiger partial charge in [0.15, 0.2) is 11.9 Å². The molecule has 1 aromatic rings. The fraction of sp³-hybridized carbons (Fsp3) is 0.688. The molecule has 0 N–H and O–H groups in total. The number of carbonyl (C=O) groups excluding carboxylic acids is 2. The van der Waals surface area contributed by atoms with Gasteiger partial charge in [-0.05, 0) is 29.8 Å². The lowest BCUT2D eigenvalue weighted by Crippen LogP contribution is -2.67. The molecule has 10 heteroatoms. The second-order valence-electron chi connectivity index (χ2n) is 7.56. The number of β-lactam (4-membered cyclic amide) rings is 1. The summed E-state index contributed by atoms with van der Waals surface area (Å²) in [5.74, 6) is -0.213. The van der Waals surface area contributed by atoms with E-state index in [0.29, 0.717) is 10.9 Å². The van der Waals surface area contributed by atoms with E-state index in [1.807, 2.05) is 34.6 Å². The first kappa shape index (κ1) is 19.4. The lowest BCUT2D eigenvalue weighted by atomic mass is 9.85. The molecule has 2 aliphatic heterocycles. The summed E-state index contributed by atoms with van der Waals surface area (Å²) < 4.78 is 6.46. The Balaban J connectivity index is 2.09. The van der Waals surface area contributed by atoms with Crippen LogP contribution in [0.2, 0.25) is 0 Å². The molecular formula is C16H23N5O3S2. The number of methoxy groups -OCH3 is 1. The lowest BCUT2D eigenvalue weighted by Gasteiger charge is -2.54. The van der Waals surface area contributed by atoms with Crippen LogP contribution in [-0.4, -0.2) is 59.5 Å². The Morgan fingerprint density at radius 2 is 2.04 bits per heavy atom. The number of ketones is 1. The molecule has 2 aliphatic rings. The van der Waals surface area contributed by atoms with E-state index in [1.165, 1.54) is 18.9 Å². The molecule has 1 aromatic heterocycles. The number of aryl methyl sites for hydroxylation is 1. The Morgan fingerprint density at radius 1 is 1.38 bits per heavy atom. The molecule has 1 amide bonds. The van der Waals surface area contributed by atoms with Gasteiger partial charge >= 0.3 is 0 Å². The van der Waals surface area contributed by atoms with Crippen LogP contribution in [0.3, 0.4) is 0 Å². The van der Waals surface area contributed by atoms with Gasteiger partial charge in [0.2, 0.25) is 5.16 Å². The molecule has 3 rings (SSSR count). The summed E-state index contributed by atoms with van der Waals surface area (Å²) in [5, 5.41) is 12.0. The minimum Gasteiger partial charge on any atom is -0.368 e. The number of amides is 1. The van der Waals surface area contributed by atoms with E-state index < -0.39 is 15.6 Å². The number of hydrogen-bond donors (Lipinski definition) is 0. The molecule has 0 spiro atoms. The predicted octanol–water partition coefficient (Wildman–Crippen LogP) is 1.84. The normalized spacial score (nSPS) is 28.9. The topological polar surface area (TPSA) is 90.2 Å². The highest BCUT2D eigenvalue weighted by Crippen LogP contribution is 2.57. The maximum absolute atomic E-state index is 13.2. The Bertz CT molecular complexity index is 800. The molecule has 0 bridgehead atoms.